The van der Waals surface area contributed by atoms with Crippen LogP contribution in [0.3, 0.4) is 0 Å². The van der Waals surface area contributed by atoms with Gasteiger partial charge in [0.05, 0.1) is 19.0 Å². The summed E-state index contributed by atoms with van der Waals surface area (Å²) in [6.07, 6.45) is 6.37. The van der Waals surface area contributed by atoms with Gasteiger partial charge in [-0.2, -0.15) is 0 Å². The van der Waals surface area contributed by atoms with Gasteiger partial charge in [-0.25, -0.2) is 4.68 Å². The van der Waals surface area contributed by atoms with Crippen LogP contribution in [0.2, 0.25) is 0 Å². The molecule has 1 heterocycles. The van der Waals surface area contributed by atoms with Crippen molar-refractivity contribution in [3.8, 4) is 0 Å². The maximum absolute atomic E-state index is 12.1. The zero-order chi connectivity index (χ0) is 16.1. The van der Waals surface area contributed by atoms with Crippen molar-refractivity contribution in [2.45, 2.75) is 58.0 Å². The molecule has 0 spiro atoms. The van der Waals surface area contributed by atoms with Crippen molar-refractivity contribution in [2.24, 2.45) is 0 Å². The van der Waals surface area contributed by atoms with Crippen LogP contribution >= 0.6 is 0 Å². The molecule has 23 heavy (non-hydrogen) atoms. The highest BCUT2D eigenvalue weighted by Crippen LogP contribution is 2.27. The molecule has 2 aromatic rings. The molecule has 0 radical (unpaired) electrons. The molecule has 1 aliphatic carbocycles. The fourth-order valence-corrected chi connectivity index (χ4v) is 3.19. The fourth-order valence-electron chi connectivity index (χ4n) is 3.19. The van der Waals surface area contributed by atoms with Crippen LogP contribution in [0.25, 0.3) is 0 Å². The number of aryl methyl sites for hydroxylation is 1. The zero-order valence-electron chi connectivity index (χ0n) is 13.5. The van der Waals surface area contributed by atoms with Crippen LogP contribution in [0.15, 0.2) is 24.3 Å². The van der Waals surface area contributed by atoms with Gasteiger partial charge in [0.25, 0.3) is 0 Å². The van der Waals surface area contributed by atoms with E-state index in [0.29, 0.717) is 19.0 Å². The van der Waals surface area contributed by atoms with E-state index >= 15 is 0 Å². The summed E-state index contributed by atoms with van der Waals surface area (Å²) in [7, 11) is 0. The second kappa shape index (κ2) is 7.35. The number of nitrogens with one attached hydrogen (secondary N) is 1. The number of amides is 1. The van der Waals surface area contributed by atoms with Crippen molar-refractivity contribution in [3.05, 3.63) is 41.2 Å². The third-order valence-electron chi connectivity index (χ3n) is 4.37. The molecule has 1 saturated carbocycles. The first-order chi connectivity index (χ1) is 11.2. The topological polar surface area (TPSA) is 72.7 Å². The molecule has 0 aliphatic heterocycles. The van der Waals surface area contributed by atoms with E-state index in [1.54, 1.807) is 0 Å². The average Bonchev–Trinajstić information content (AvgIpc) is 3.02. The van der Waals surface area contributed by atoms with E-state index in [1.165, 1.54) is 19.3 Å². The molecule has 122 valence electrons. The lowest BCUT2D eigenvalue weighted by atomic mass is 9.95. The lowest BCUT2D eigenvalue weighted by Gasteiger charge is -2.22. The number of tetrazole rings is 1. The summed E-state index contributed by atoms with van der Waals surface area (Å²) in [5.41, 5.74) is 2.19. The van der Waals surface area contributed by atoms with E-state index in [9.17, 15) is 4.79 Å². The molecule has 0 atom stereocenters. The number of hydrogen-bond acceptors (Lipinski definition) is 4. The summed E-state index contributed by atoms with van der Waals surface area (Å²) in [4.78, 5) is 12.1. The van der Waals surface area contributed by atoms with Gasteiger partial charge in [0.1, 0.15) is 0 Å². The largest absolute Gasteiger partial charge is 0.348 e. The predicted molar refractivity (Wildman–Crippen MR) is 86.7 cm³/mol. The van der Waals surface area contributed by atoms with E-state index in [0.717, 1.165) is 29.8 Å². The standard InChI is InChI=1S/C17H23N5O/c1-13-6-5-7-14(10-13)11-17(23)18-12-16-19-20-21-22(16)15-8-3-2-4-9-15/h5-7,10,15H,2-4,8-9,11-12H2,1H3,(H,18,23). The Morgan fingerprint density at radius 2 is 2.13 bits per heavy atom. The van der Waals surface area contributed by atoms with Gasteiger partial charge in [-0.3, -0.25) is 4.79 Å². The third kappa shape index (κ3) is 4.15. The third-order valence-corrected chi connectivity index (χ3v) is 4.37. The van der Waals surface area contributed by atoms with E-state index < -0.39 is 0 Å². The maximum atomic E-state index is 12.1. The van der Waals surface area contributed by atoms with E-state index in [1.807, 2.05) is 35.9 Å². The molecule has 6 heteroatoms. The van der Waals surface area contributed by atoms with Crippen molar-refractivity contribution < 1.29 is 4.79 Å². The molecule has 1 fully saturated rings. The minimum Gasteiger partial charge on any atom is -0.348 e. The highest BCUT2D eigenvalue weighted by molar-refractivity contribution is 5.78. The van der Waals surface area contributed by atoms with Crippen LogP contribution in [0, 0.1) is 6.92 Å². The van der Waals surface area contributed by atoms with Gasteiger partial charge in [-0.15, -0.1) is 5.10 Å². The van der Waals surface area contributed by atoms with Crippen LogP contribution in [0.1, 0.15) is 55.1 Å². The highest BCUT2D eigenvalue weighted by atomic mass is 16.1. The Hall–Kier alpha value is -2.24. The van der Waals surface area contributed by atoms with Crippen molar-refractivity contribution >= 4 is 5.91 Å². The molecular weight excluding hydrogens is 290 g/mol. The smallest absolute Gasteiger partial charge is 0.224 e. The first-order valence-corrected chi connectivity index (χ1v) is 8.31. The van der Waals surface area contributed by atoms with E-state index in [2.05, 4.69) is 20.8 Å². The zero-order valence-corrected chi connectivity index (χ0v) is 13.5. The molecule has 0 bridgehead atoms. The highest BCUT2D eigenvalue weighted by Gasteiger charge is 2.20. The summed E-state index contributed by atoms with van der Waals surface area (Å²) in [5.74, 6) is 0.739. The molecule has 6 nitrogen and oxygen atoms in total. The lowest BCUT2D eigenvalue weighted by molar-refractivity contribution is -0.120. The summed E-state index contributed by atoms with van der Waals surface area (Å²) >= 11 is 0. The first-order valence-electron chi connectivity index (χ1n) is 8.31. The van der Waals surface area contributed by atoms with Crippen molar-refractivity contribution in [2.75, 3.05) is 0 Å². The first kappa shape index (κ1) is 15.6. The van der Waals surface area contributed by atoms with E-state index in [4.69, 9.17) is 0 Å². The SMILES string of the molecule is Cc1cccc(CC(=O)NCc2nnnn2C2CCCCC2)c1. The van der Waals surface area contributed by atoms with Gasteiger partial charge in [-0.1, -0.05) is 49.1 Å². The Balaban J connectivity index is 1.56. The van der Waals surface area contributed by atoms with Crippen LogP contribution in [0.5, 0.6) is 0 Å². The number of hydrogen-bond donors (Lipinski definition) is 1. The Labute approximate surface area is 136 Å². The monoisotopic (exact) mass is 313 g/mol. The summed E-state index contributed by atoms with van der Waals surface area (Å²) < 4.78 is 1.89. The number of aromatic nitrogens is 4. The molecule has 1 N–H and O–H groups in total. The molecule has 1 aliphatic rings. The molecule has 3 rings (SSSR count). The average molecular weight is 313 g/mol. The van der Waals surface area contributed by atoms with Gasteiger partial charge in [0, 0.05) is 0 Å². The lowest BCUT2D eigenvalue weighted by Crippen LogP contribution is -2.27. The van der Waals surface area contributed by atoms with Crippen LogP contribution < -0.4 is 5.32 Å². The number of nitrogens with zero attached hydrogens (tertiary/aromatic N) is 4. The second-order valence-electron chi connectivity index (χ2n) is 6.27. The molecule has 1 aromatic carbocycles. The minimum absolute atomic E-state index is 0.00575. The molecule has 1 amide bonds. The Morgan fingerprint density at radius 1 is 1.30 bits per heavy atom. The molecule has 0 unspecified atom stereocenters. The van der Waals surface area contributed by atoms with Gasteiger partial charge in [0.2, 0.25) is 5.91 Å². The summed E-state index contributed by atoms with van der Waals surface area (Å²) in [6, 6.07) is 8.38. The number of carbonyl (C=O) groups is 1. The minimum atomic E-state index is -0.00575. The summed E-state index contributed by atoms with van der Waals surface area (Å²) in [6.45, 7) is 2.41. The second-order valence-corrected chi connectivity index (χ2v) is 6.27. The Morgan fingerprint density at radius 3 is 2.91 bits per heavy atom. The van der Waals surface area contributed by atoms with Crippen LogP contribution in [0.4, 0.5) is 0 Å². The molecule has 1 aromatic heterocycles. The van der Waals surface area contributed by atoms with Crippen LogP contribution in [-0.4, -0.2) is 26.1 Å². The predicted octanol–water partition coefficient (Wildman–Crippen LogP) is 2.35. The normalized spacial score (nSPS) is 15.5. The maximum Gasteiger partial charge on any atom is 0.224 e. The van der Waals surface area contributed by atoms with Gasteiger partial charge in [-0.05, 0) is 35.8 Å². The Kier molecular flexibility index (Phi) is 5.00. The molecular formula is C17H23N5O. The van der Waals surface area contributed by atoms with Crippen molar-refractivity contribution in [1.82, 2.24) is 25.5 Å². The number of carbonyl (C=O) groups excluding carboxylic acids is 1. The van der Waals surface area contributed by atoms with Gasteiger partial charge >= 0.3 is 0 Å². The van der Waals surface area contributed by atoms with Crippen molar-refractivity contribution in [1.29, 1.82) is 0 Å². The molecule has 0 saturated heterocycles. The summed E-state index contributed by atoms with van der Waals surface area (Å²) in [5, 5.41) is 14.9. The van der Waals surface area contributed by atoms with Crippen LogP contribution in [-0.2, 0) is 17.8 Å². The number of benzene rings is 1. The Bertz CT molecular complexity index is 661. The van der Waals surface area contributed by atoms with E-state index in [-0.39, 0.29) is 5.91 Å². The van der Waals surface area contributed by atoms with Crippen molar-refractivity contribution in [3.63, 3.8) is 0 Å². The quantitative estimate of drug-likeness (QED) is 0.919. The van der Waals surface area contributed by atoms with Gasteiger partial charge in [0.15, 0.2) is 5.82 Å². The van der Waals surface area contributed by atoms with Gasteiger partial charge < -0.3 is 5.32 Å². The number of rotatable bonds is 5. The fraction of sp³-hybridized carbons (Fsp3) is 0.529.